The Hall–Kier alpha value is -2.40. The molecule has 0 saturated carbocycles. The Bertz CT molecular complexity index is 948. The van der Waals surface area contributed by atoms with Gasteiger partial charge in [-0.25, -0.2) is 4.98 Å². The molecule has 3 aromatic rings. The molecule has 1 aliphatic carbocycles. The van der Waals surface area contributed by atoms with Gasteiger partial charge in [0.25, 0.3) is 0 Å². The highest BCUT2D eigenvalue weighted by Crippen LogP contribution is 2.32. The second kappa shape index (κ2) is 7.46. The zero-order valence-electron chi connectivity index (χ0n) is 14.9. The smallest absolute Gasteiger partial charge is 0.184 e. The lowest BCUT2D eigenvalue weighted by Gasteiger charge is -2.16. The number of fused-ring (bicyclic) bond motifs is 2. The van der Waals surface area contributed by atoms with Crippen LogP contribution in [0.5, 0.6) is 5.75 Å². The van der Waals surface area contributed by atoms with Crippen LogP contribution in [-0.2, 0) is 12.8 Å². The maximum Gasteiger partial charge on any atom is 0.184 e. The summed E-state index contributed by atoms with van der Waals surface area (Å²) in [5.74, 6) is 0.887. The summed E-state index contributed by atoms with van der Waals surface area (Å²) in [6.07, 6.45) is 4.69. The number of para-hydroxylation sites is 1. The van der Waals surface area contributed by atoms with Crippen LogP contribution in [0.25, 0.3) is 10.2 Å². The summed E-state index contributed by atoms with van der Waals surface area (Å²) in [6.45, 7) is 2.82. The van der Waals surface area contributed by atoms with E-state index < -0.39 is 0 Å². The van der Waals surface area contributed by atoms with Gasteiger partial charge in [-0.05, 0) is 61.9 Å². The number of hydrogen-bond acceptors (Lipinski definition) is 5. The number of benzene rings is 2. The van der Waals surface area contributed by atoms with Gasteiger partial charge < -0.3 is 10.1 Å². The Labute approximate surface area is 157 Å². The van der Waals surface area contributed by atoms with Crippen LogP contribution in [-0.4, -0.2) is 23.9 Å². The number of carbonyl (C=O) groups is 1. The molecule has 1 N–H and O–H groups in total. The number of ether oxygens (including phenoxy) is 1. The molecule has 134 valence electrons. The molecule has 0 bridgehead atoms. The van der Waals surface area contributed by atoms with Crippen LogP contribution in [0.3, 0.4) is 0 Å². The first-order chi connectivity index (χ1) is 12.7. The molecule has 26 heavy (non-hydrogen) atoms. The van der Waals surface area contributed by atoms with Crippen molar-refractivity contribution in [3.05, 3.63) is 53.1 Å². The van der Waals surface area contributed by atoms with E-state index in [2.05, 4.69) is 22.4 Å². The number of ketones is 1. The standard InChI is InChI=1S/C21H22N2O2S/c1-2-25-18-8-5-9-19-20(18)23-21(26-19)22-13-17(24)16-11-10-14-6-3-4-7-15(14)12-16/h5,8-12H,2-4,6-7,13H2,1H3,(H,22,23). The van der Waals surface area contributed by atoms with Crippen molar-refractivity contribution in [1.82, 2.24) is 4.98 Å². The topological polar surface area (TPSA) is 51.2 Å². The molecule has 0 saturated heterocycles. The van der Waals surface area contributed by atoms with E-state index in [0.717, 1.165) is 39.5 Å². The third-order valence-corrected chi connectivity index (χ3v) is 5.73. The minimum absolute atomic E-state index is 0.0997. The largest absolute Gasteiger partial charge is 0.492 e. The number of thiazole rings is 1. The first-order valence-electron chi connectivity index (χ1n) is 9.16. The summed E-state index contributed by atoms with van der Waals surface area (Å²) in [4.78, 5) is 17.2. The number of aromatic nitrogens is 1. The SMILES string of the molecule is CCOc1cccc2sc(NCC(=O)c3ccc4c(c3)CCCC4)nc12. The molecule has 0 aliphatic heterocycles. The van der Waals surface area contributed by atoms with E-state index in [1.807, 2.05) is 31.2 Å². The minimum atomic E-state index is 0.0997. The second-order valence-electron chi connectivity index (χ2n) is 6.52. The molecule has 4 rings (SSSR count). The number of Topliss-reactive ketones (excluding diaryl/α,β-unsaturated/α-hetero) is 1. The molecular formula is C21H22N2O2S. The van der Waals surface area contributed by atoms with Gasteiger partial charge in [0.2, 0.25) is 0 Å². The molecule has 1 aliphatic rings. The summed E-state index contributed by atoms with van der Waals surface area (Å²) < 4.78 is 6.68. The van der Waals surface area contributed by atoms with Gasteiger partial charge in [0, 0.05) is 5.56 Å². The number of nitrogens with one attached hydrogen (secondary N) is 1. The van der Waals surface area contributed by atoms with E-state index in [9.17, 15) is 4.79 Å². The molecule has 1 aromatic heterocycles. The maximum atomic E-state index is 12.6. The van der Waals surface area contributed by atoms with Crippen LogP contribution in [0.1, 0.15) is 41.3 Å². The molecule has 0 fully saturated rings. The fourth-order valence-electron chi connectivity index (χ4n) is 3.44. The predicted octanol–water partition coefficient (Wildman–Crippen LogP) is 4.87. The number of rotatable bonds is 6. The zero-order chi connectivity index (χ0) is 17.9. The number of carbonyl (C=O) groups excluding carboxylic acids is 1. The van der Waals surface area contributed by atoms with Gasteiger partial charge in [-0.2, -0.15) is 0 Å². The van der Waals surface area contributed by atoms with Crippen molar-refractivity contribution in [2.45, 2.75) is 32.6 Å². The van der Waals surface area contributed by atoms with Crippen molar-refractivity contribution in [2.24, 2.45) is 0 Å². The highest BCUT2D eigenvalue weighted by atomic mass is 32.1. The summed E-state index contributed by atoms with van der Waals surface area (Å²) in [5, 5.41) is 3.93. The van der Waals surface area contributed by atoms with Gasteiger partial charge in [0.1, 0.15) is 11.3 Å². The lowest BCUT2D eigenvalue weighted by Crippen LogP contribution is -2.15. The average Bonchev–Trinajstić information content (AvgIpc) is 3.10. The van der Waals surface area contributed by atoms with E-state index in [1.165, 1.54) is 24.0 Å². The monoisotopic (exact) mass is 366 g/mol. The lowest BCUT2D eigenvalue weighted by atomic mass is 9.90. The molecule has 4 nitrogen and oxygen atoms in total. The molecule has 0 atom stereocenters. The van der Waals surface area contributed by atoms with Crippen molar-refractivity contribution in [2.75, 3.05) is 18.5 Å². The Morgan fingerprint density at radius 2 is 2.04 bits per heavy atom. The number of anilines is 1. The molecule has 0 amide bonds. The highest BCUT2D eigenvalue weighted by molar-refractivity contribution is 7.22. The summed E-state index contributed by atoms with van der Waals surface area (Å²) in [6, 6.07) is 12.1. The van der Waals surface area contributed by atoms with Gasteiger partial charge in [-0.3, -0.25) is 4.79 Å². The molecule has 0 unspecified atom stereocenters. The van der Waals surface area contributed by atoms with Crippen molar-refractivity contribution in [3.8, 4) is 5.75 Å². The first kappa shape index (κ1) is 17.0. The molecule has 1 heterocycles. The minimum Gasteiger partial charge on any atom is -0.492 e. The molecule has 2 aromatic carbocycles. The van der Waals surface area contributed by atoms with Crippen LogP contribution >= 0.6 is 11.3 Å². The van der Waals surface area contributed by atoms with Gasteiger partial charge in [0.15, 0.2) is 10.9 Å². The fourth-order valence-corrected chi connectivity index (χ4v) is 4.31. The van der Waals surface area contributed by atoms with Crippen molar-refractivity contribution in [1.29, 1.82) is 0 Å². The average molecular weight is 366 g/mol. The van der Waals surface area contributed by atoms with Crippen molar-refractivity contribution >= 4 is 32.5 Å². The van der Waals surface area contributed by atoms with Crippen LogP contribution < -0.4 is 10.1 Å². The van der Waals surface area contributed by atoms with Crippen LogP contribution in [0.4, 0.5) is 5.13 Å². The maximum absolute atomic E-state index is 12.6. The Morgan fingerprint density at radius 3 is 2.88 bits per heavy atom. The zero-order valence-corrected chi connectivity index (χ0v) is 15.7. The summed E-state index contributed by atoms with van der Waals surface area (Å²) in [7, 11) is 0. The van der Waals surface area contributed by atoms with Gasteiger partial charge in [-0.1, -0.05) is 29.5 Å². The first-order valence-corrected chi connectivity index (χ1v) is 9.97. The van der Waals surface area contributed by atoms with E-state index in [4.69, 9.17) is 4.74 Å². The van der Waals surface area contributed by atoms with Gasteiger partial charge >= 0.3 is 0 Å². The molecule has 5 heteroatoms. The molecule has 0 spiro atoms. The highest BCUT2D eigenvalue weighted by Gasteiger charge is 2.14. The molecular weight excluding hydrogens is 344 g/mol. The quantitative estimate of drug-likeness (QED) is 0.633. The number of aryl methyl sites for hydroxylation is 2. The van der Waals surface area contributed by atoms with E-state index in [0.29, 0.717) is 6.61 Å². The third kappa shape index (κ3) is 3.44. The van der Waals surface area contributed by atoms with Crippen molar-refractivity contribution < 1.29 is 9.53 Å². The van der Waals surface area contributed by atoms with E-state index in [1.54, 1.807) is 11.3 Å². The predicted molar refractivity (Wildman–Crippen MR) is 107 cm³/mol. The van der Waals surface area contributed by atoms with E-state index >= 15 is 0 Å². The fraction of sp³-hybridized carbons (Fsp3) is 0.333. The van der Waals surface area contributed by atoms with E-state index in [-0.39, 0.29) is 12.3 Å². The Balaban J connectivity index is 1.47. The van der Waals surface area contributed by atoms with Crippen LogP contribution in [0.2, 0.25) is 0 Å². The number of nitrogens with zero attached hydrogens (tertiary/aromatic N) is 1. The summed E-state index contributed by atoms with van der Waals surface area (Å²) in [5.41, 5.74) is 4.37. The third-order valence-electron chi connectivity index (χ3n) is 4.75. The van der Waals surface area contributed by atoms with Gasteiger partial charge in [-0.15, -0.1) is 0 Å². The Kier molecular flexibility index (Phi) is 4.89. The van der Waals surface area contributed by atoms with Gasteiger partial charge in [0.05, 0.1) is 17.9 Å². The van der Waals surface area contributed by atoms with Crippen LogP contribution in [0.15, 0.2) is 36.4 Å². The normalized spacial score (nSPS) is 13.4. The lowest BCUT2D eigenvalue weighted by molar-refractivity contribution is 0.101. The Morgan fingerprint density at radius 1 is 1.19 bits per heavy atom. The summed E-state index contributed by atoms with van der Waals surface area (Å²) >= 11 is 1.54. The van der Waals surface area contributed by atoms with Crippen molar-refractivity contribution in [3.63, 3.8) is 0 Å². The van der Waals surface area contributed by atoms with Crippen LogP contribution in [0, 0.1) is 0 Å². The molecule has 0 radical (unpaired) electrons. The number of hydrogen-bond donors (Lipinski definition) is 1. The second-order valence-corrected chi connectivity index (χ2v) is 7.55.